The summed E-state index contributed by atoms with van der Waals surface area (Å²) in [6, 6.07) is 9.75. The van der Waals surface area contributed by atoms with Gasteiger partial charge < -0.3 is 14.6 Å². The van der Waals surface area contributed by atoms with Crippen molar-refractivity contribution in [3.8, 4) is 11.5 Å². The summed E-state index contributed by atoms with van der Waals surface area (Å²) in [5, 5.41) is 8.82. The van der Waals surface area contributed by atoms with Gasteiger partial charge in [0.25, 0.3) is 0 Å². The van der Waals surface area contributed by atoms with Gasteiger partial charge in [0.1, 0.15) is 5.75 Å². The molecule has 0 bridgehead atoms. The number of ketones is 1. The van der Waals surface area contributed by atoms with E-state index in [0.29, 0.717) is 11.3 Å². The van der Waals surface area contributed by atoms with Crippen LogP contribution in [0.2, 0.25) is 0 Å². The Balaban J connectivity index is 2.05. The molecule has 0 unspecified atom stereocenters. The third-order valence-corrected chi connectivity index (χ3v) is 3.59. The number of rotatable bonds is 8. The number of ether oxygens (including phenoxy) is 2. The second-order valence-electron chi connectivity index (χ2n) is 5.69. The predicted molar refractivity (Wildman–Crippen MR) is 104 cm³/mol. The van der Waals surface area contributed by atoms with E-state index in [9.17, 15) is 18.8 Å². The van der Waals surface area contributed by atoms with Gasteiger partial charge >= 0.3 is 11.9 Å². The molecule has 1 N–H and O–H groups in total. The van der Waals surface area contributed by atoms with Gasteiger partial charge in [0, 0.05) is 11.6 Å². The minimum atomic E-state index is -0.965. The van der Waals surface area contributed by atoms with Gasteiger partial charge in [-0.2, -0.15) is 0 Å². The molecule has 148 valence electrons. The van der Waals surface area contributed by atoms with Crippen LogP contribution in [0.25, 0.3) is 6.08 Å². The zero-order chi connectivity index (χ0) is 21.4. The van der Waals surface area contributed by atoms with Crippen molar-refractivity contribution in [2.45, 2.75) is 0 Å². The van der Waals surface area contributed by atoms with Crippen LogP contribution in [0.5, 0.6) is 11.5 Å². The lowest BCUT2D eigenvalue weighted by atomic mass is 10.1. The third kappa shape index (κ3) is 6.08. The zero-order valence-electron chi connectivity index (χ0n) is 15.3. The molecule has 0 fully saturated rings. The molecule has 0 heterocycles. The highest BCUT2D eigenvalue weighted by Gasteiger charge is 2.14. The Labute approximate surface area is 166 Å². The molecule has 2 aromatic rings. The molecule has 2 aromatic carbocycles. The molecule has 0 atom stereocenters. The highest BCUT2D eigenvalue weighted by atomic mass is 19.1. The summed E-state index contributed by atoms with van der Waals surface area (Å²) in [5.41, 5.74) is 0.485. The molecular formula is C22H17FO6. The molecule has 0 amide bonds. The Bertz CT molecular complexity index is 989. The fraction of sp³-hybridized carbons (Fsp3) is 0.0455. The van der Waals surface area contributed by atoms with E-state index in [1.54, 1.807) is 24.3 Å². The normalized spacial score (nSPS) is 10.4. The molecule has 0 saturated heterocycles. The van der Waals surface area contributed by atoms with E-state index in [4.69, 9.17) is 14.6 Å². The Morgan fingerprint density at radius 3 is 2.34 bits per heavy atom. The van der Waals surface area contributed by atoms with Gasteiger partial charge in [-0.25, -0.2) is 14.0 Å². The summed E-state index contributed by atoms with van der Waals surface area (Å²) < 4.78 is 23.8. The standard InChI is InChI=1S/C22H17FO6/c1-3-21(26)28-17-8-4-15(5-9-17)6-10-19(25)16-7-11-20(18(23)12-16)29-22(27)14(2)13-24/h3-12,24H,1-2,13H2/b10-6+. The van der Waals surface area contributed by atoms with E-state index in [1.807, 2.05) is 0 Å². The summed E-state index contributed by atoms with van der Waals surface area (Å²) in [7, 11) is 0. The number of esters is 2. The van der Waals surface area contributed by atoms with E-state index in [1.165, 1.54) is 18.2 Å². The Kier molecular flexibility index (Phi) is 7.33. The fourth-order valence-corrected chi connectivity index (χ4v) is 2.05. The van der Waals surface area contributed by atoms with Crippen LogP contribution in [0.3, 0.4) is 0 Å². The van der Waals surface area contributed by atoms with Gasteiger partial charge in [-0.1, -0.05) is 31.4 Å². The highest BCUT2D eigenvalue weighted by Crippen LogP contribution is 2.20. The van der Waals surface area contributed by atoms with Crippen LogP contribution in [0.4, 0.5) is 4.39 Å². The smallest absolute Gasteiger partial charge is 0.341 e. The van der Waals surface area contributed by atoms with Crippen molar-refractivity contribution in [2.24, 2.45) is 0 Å². The Morgan fingerprint density at radius 1 is 1.07 bits per heavy atom. The van der Waals surface area contributed by atoms with Gasteiger partial charge in [0.15, 0.2) is 17.3 Å². The molecule has 0 saturated carbocycles. The number of hydrogen-bond donors (Lipinski definition) is 1. The van der Waals surface area contributed by atoms with Gasteiger partial charge in [0.2, 0.25) is 0 Å². The van der Waals surface area contributed by atoms with Crippen molar-refractivity contribution in [1.29, 1.82) is 0 Å². The van der Waals surface area contributed by atoms with Crippen LogP contribution < -0.4 is 9.47 Å². The number of aliphatic hydroxyl groups excluding tert-OH is 1. The van der Waals surface area contributed by atoms with E-state index in [2.05, 4.69) is 13.2 Å². The summed E-state index contributed by atoms with van der Waals surface area (Å²) >= 11 is 0. The lowest BCUT2D eigenvalue weighted by molar-refractivity contribution is -0.131. The highest BCUT2D eigenvalue weighted by molar-refractivity contribution is 6.07. The lowest BCUT2D eigenvalue weighted by Gasteiger charge is -2.06. The van der Waals surface area contributed by atoms with Crippen molar-refractivity contribution in [2.75, 3.05) is 6.61 Å². The van der Waals surface area contributed by atoms with Gasteiger partial charge in [0.05, 0.1) is 12.2 Å². The summed E-state index contributed by atoms with van der Waals surface area (Å²) in [6.07, 6.45) is 3.80. The van der Waals surface area contributed by atoms with E-state index < -0.39 is 30.1 Å². The maximum absolute atomic E-state index is 14.1. The van der Waals surface area contributed by atoms with E-state index in [0.717, 1.165) is 18.2 Å². The maximum Gasteiger partial charge on any atom is 0.341 e. The fourth-order valence-electron chi connectivity index (χ4n) is 2.05. The van der Waals surface area contributed by atoms with Crippen LogP contribution in [0, 0.1) is 5.82 Å². The topological polar surface area (TPSA) is 89.9 Å². The first-order valence-corrected chi connectivity index (χ1v) is 8.31. The molecule has 29 heavy (non-hydrogen) atoms. The summed E-state index contributed by atoms with van der Waals surface area (Å²) in [4.78, 5) is 34.9. The van der Waals surface area contributed by atoms with Gasteiger partial charge in [-0.05, 0) is 42.0 Å². The minimum Gasteiger partial charge on any atom is -0.423 e. The summed E-state index contributed by atoms with van der Waals surface area (Å²) in [5.74, 6) is -2.97. The maximum atomic E-state index is 14.1. The van der Waals surface area contributed by atoms with Crippen molar-refractivity contribution < 1.29 is 33.4 Å². The van der Waals surface area contributed by atoms with Gasteiger partial charge in [-0.3, -0.25) is 4.79 Å². The molecule has 0 spiro atoms. The molecule has 7 heteroatoms. The van der Waals surface area contributed by atoms with Crippen LogP contribution in [-0.2, 0) is 9.59 Å². The number of aliphatic hydroxyl groups is 1. The molecule has 0 radical (unpaired) electrons. The average Bonchev–Trinajstić information content (AvgIpc) is 2.73. The second kappa shape index (κ2) is 9.91. The first-order valence-electron chi connectivity index (χ1n) is 8.31. The molecule has 0 aromatic heterocycles. The van der Waals surface area contributed by atoms with Crippen molar-refractivity contribution >= 4 is 23.8 Å². The molecule has 0 aliphatic rings. The molecule has 2 rings (SSSR count). The number of carbonyl (C=O) groups excluding carboxylic acids is 3. The van der Waals surface area contributed by atoms with E-state index >= 15 is 0 Å². The first-order chi connectivity index (χ1) is 13.8. The average molecular weight is 396 g/mol. The number of halogens is 1. The largest absolute Gasteiger partial charge is 0.423 e. The quantitative estimate of drug-likeness (QED) is 0.319. The summed E-state index contributed by atoms with van der Waals surface area (Å²) in [6.45, 7) is 5.97. The minimum absolute atomic E-state index is 0.0519. The Morgan fingerprint density at radius 2 is 1.76 bits per heavy atom. The SMILES string of the molecule is C=CC(=O)Oc1ccc(/C=C/C(=O)c2ccc(OC(=O)C(=C)CO)c(F)c2)cc1. The van der Waals surface area contributed by atoms with E-state index in [-0.39, 0.29) is 16.9 Å². The molecular weight excluding hydrogens is 379 g/mol. The van der Waals surface area contributed by atoms with Crippen LogP contribution in [0.15, 0.2) is 73.3 Å². The molecule has 6 nitrogen and oxygen atoms in total. The van der Waals surface area contributed by atoms with Crippen LogP contribution in [0.1, 0.15) is 15.9 Å². The first kappa shape index (κ1) is 21.5. The van der Waals surface area contributed by atoms with Crippen LogP contribution in [-0.4, -0.2) is 29.4 Å². The number of hydrogen-bond acceptors (Lipinski definition) is 6. The van der Waals surface area contributed by atoms with Crippen molar-refractivity contribution in [1.82, 2.24) is 0 Å². The number of carbonyl (C=O) groups is 3. The number of allylic oxidation sites excluding steroid dienone is 1. The van der Waals surface area contributed by atoms with Crippen molar-refractivity contribution in [3.63, 3.8) is 0 Å². The molecule has 0 aliphatic carbocycles. The zero-order valence-corrected chi connectivity index (χ0v) is 15.3. The predicted octanol–water partition coefficient (Wildman–Crippen LogP) is 3.27. The monoisotopic (exact) mass is 396 g/mol. The van der Waals surface area contributed by atoms with Crippen molar-refractivity contribution in [3.05, 3.63) is 90.3 Å². The lowest BCUT2D eigenvalue weighted by Crippen LogP contribution is -2.13. The second-order valence-corrected chi connectivity index (χ2v) is 5.69. The third-order valence-electron chi connectivity index (χ3n) is 3.59. The Hall–Kier alpha value is -3.84. The number of benzene rings is 2. The van der Waals surface area contributed by atoms with Crippen LogP contribution >= 0.6 is 0 Å². The molecule has 0 aliphatic heterocycles. The van der Waals surface area contributed by atoms with Gasteiger partial charge in [-0.15, -0.1) is 0 Å².